The molecule has 2 heterocycles. The first-order valence-corrected chi connectivity index (χ1v) is 14.4. The van der Waals surface area contributed by atoms with Gasteiger partial charge in [-0.3, -0.25) is 9.69 Å². The third-order valence-electron chi connectivity index (χ3n) is 5.93. The molecule has 1 atom stereocenters. The monoisotopic (exact) mass is 589 g/mol. The summed E-state index contributed by atoms with van der Waals surface area (Å²) in [7, 11) is -3.86. The van der Waals surface area contributed by atoms with Crippen molar-refractivity contribution in [2.45, 2.75) is 30.3 Å². The molecule has 0 spiro atoms. The number of amides is 1. The van der Waals surface area contributed by atoms with Gasteiger partial charge in [0.05, 0.1) is 21.7 Å². The van der Waals surface area contributed by atoms with Gasteiger partial charge in [0, 0.05) is 16.0 Å². The molecular formula is C25H21BrClN3O3S2. The Bertz CT molecular complexity index is 1480. The van der Waals surface area contributed by atoms with Crippen molar-refractivity contribution in [3.63, 3.8) is 0 Å². The van der Waals surface area contributed by atoms with Crippen LogP contribution in [0.5, 0.6) is 0 Å². The Morgan fingerprint density at radius 2 is 1.86 bits per heavy atom. The molecule has 1 amide bonds. The van der Waals surface area contributed by atoms with E-state index < -0.39 is 16.1 Å². The number of benzene rings is 3. The van der Waals surface area contributed by atoms with Crippen LogP contribution in [0.4, 0.5) is 5.13 Å². The lowest BCUT2D eigenvalue weighted by Crippen LogP contribution is -2.47. The summed E-state index contributed by atoms with van der Waals surface area (Å²) in [4.78, 5) is 20.5. The summed E-state index contributed by atoms with van der Waals surface area (Å²) >= 11 is 10.9. The first-order chi connectivity index (χ1) is 16.8. The zero-order valence-electron chi connectivity index (χ0n) is 18.5. The van der Waals surface area contributed by atoms with Crippen LogP contribution in [-0.4, -0.2) is 36.2 Å². The highest BCUT2D eigenvalue weighted by molar-refractivity contribution is 9.10. The summed E-state index contributed by atoms with van der Waals surface area (Å²) in [5, 5.41) is 0.997. The van der Waals surface area contributed by atoms with Crippen LogP contribution < -0.4 is 4.90 Å². The Kier molecular flexibility index (Phi) is 6.96. The SMILES string of the molecule is O=C(C1CCCN1S(=O)(=O)c1ccc(Cl)cc1)N(Cc1ccccc1)c1nc2ccc(Br)cc2s1. The maximum atomic E-state index is 14.0. The number of sulfonamides is 1. The number of fused-ring (bicyclic) bond motifs is 1. The number of hydrogen-bond acceptors (Lipinski definition) is 5. The molecule has 0 radical (unpaired) electrons. The Hall–Kier alpha value is -2.30. The average Bonchev–Trinajstić information content (AvgIpc) is 3.50. The molecule has 6 nitrogen and oxygen atoms in total. The van der Waals surface area contributed by atoms with E-state index in [1.165, 1.54) is 27.8 Å². The molecule has 0 N–H and O–H groups in total. The van der Waals surface area contributed by atoms with E-state index >= 15 is 0 Å². The summed E-state index contributed by atoms with van der Waals surface area (Å²) in [5.41, 5.74) is 1.72. The minimum atomic E-state index is -3.86. The summed E-state index contributed by atoms with van der Waals surface area (Å²) in [6.45, 7) is 0.583. The van der Waals surface area contributed by atoms with Gasteiger partial charge in [-0.25, -0.2) is 13.4 Å². The highest BCUT2D eigenvalue weighted by Crippen LogP contribution is 2.34. The van der Waals surface area contributed by atoms with Gasteiger partial charge in [-0.1, -0.05) is 69.2 Å². The number of carbonyl (C=O) groups is 1. The summed E-state index contributed by atoms with van der Waals surface area (Å²) in [5.74, 6) is -0.276. The molecule has 0 saturated carbocycles. The van der Waals surface area contributed by atoms with Crippen LogP contribution in [0.3, 0.4) is 0 Å². The van der Waals surface area contributed by atoms with Crippen molar-refractivity contribution in [3.05, 3.63) is 87.9 Å². The summed E-state index contributed by atoms with van der Waals surface area (Å²) < 4.78 is 30.1. The number of halogens is 2. The van der Waals surface area contributed by atoms with Crippen LogP contribution in [0.1, 0.15) is 18.4 Å². The topological polar surface area (TPSA) is 70.6 Å². The smallest absolute Gasteiger partial charge is 0.247 e. The molecule has 1 saturated heterocycles. The lowest BCUT2D eigenvalue weighted by Gasteiger charge is -2.28. The molecule has 3 aromatic carbocycles. The van der Waals surface area contributed by atoms with Crippen LogP contribution >= 0.6 is 38.9 Å². The number of nitrogens with zero attached hydrogens (tertiary/aromatic N) is 3. The third-order valence-corrected chi connectivity index (χ3v) is 9.64. The maximum Gasteiger partial charge on any atom is 0.247 e. The van der Waals surface area contributed by atoms with Crippen molar-refractivity contribution >= 4 is 70.1 Å². The van der Waals surface area contributed by atoms with Crippen molar-refractivity contribution in [3.8, 4) is 0 Å². The second kappa shape index (κ2) is 9.99. The van der Waals surface area contributed by atoms with Gasteiger partial charge >= 0.3 is 0 Å². The van der Waals surface area contributed by atoms with E-state index in [1.807, 2.05) is 48.5 Å². The zero-order chi connectivity index (χ0) is 24.6. The highest BCUT2D eigenvalue weighted by Gasteiger charge is 2.42. The van der Waals surface area contributed by atoms with Crippen molar-refractivity contribution in [1.82, 2.24) is 9.29 Å². The molecule has 1 aliphatic heterocycles. The van der Waals surface area contributed by atoms with Gasteiger partial charge in [0.25, 0.3) is 0 Å². The highest BCUT2D eigenvalue weighted by atomic mass is 79.9. The molecule has 0 bridgehead atoms. The predicted octanol–water partition coefficient (Wildman–Crippen LogP) is 6.10. The van der Waals surface area contributed by atoms with Crippen molar-refractivity contribution in [1.29, 1.82) is 0 Å². The fourth-order valence-electron chi connectivity index (χ4n) is 4.20. The van der Waals surface area contributed by atoms with E-state index in [4.69, 9.17) is 16.6 Å². The molecular weight excluding hydrogens is 570 g/mol. The van der Waals surface area contributed by atoms with Crippen LogP contribution in [0.25, 0.3) is 10.2 Å². The largest absolute Gasteiger partial charge is 0.282 e. The van der Waals surface area contributed by atoms with Crippen LogP contribution in [-0.2, 0) is 21.4 Å². The van der Waals surface area contributed by atoms with E-state index in [9.17, 15) is 13.2 Å². The van der Waals surface area contributed by atoms with E-state index in [-0.39, 0.29) is 17.3 Å². The van der Waals surface area contributed by atoms with Gasteiger partial charge in [-0.2, -0.15) is 4.31 Å². The van der Waals surface area contributed by atoms with Gasteiger partial charge in [0.15, 0.2) is 5.13 Å². The second-order valence-corrected chi connectivity index (χ2v) is 12.5. The van der Waals surface area contributed by atoms with Crippen molar-refractivity contribution in [2.75, 3.05) is 11.4 Å². The minimum absolute atomic E-state index is 0.126. The second-order valence-electron chi connectivity index (χ2n) is 8.25. The summed E-state index contributed by atoms with van der Waals surface area (Å²) in [6, 6.07) is 20.7. The lowest BCUT2D eigenvalue weighted by molar-refractivity contribution is -0.121. The van der Waals surface area contributed by atoms with Crippen molar-refractivity contribution in [2.24, 2.45) is 0 Å². The quantitative estimate of drug-likeness (QED) is 0.272. The van der Waals surface area contributed by atoms with Gasteiger partial charge < -0.3 is 0 Å². The van der Waals surface area contributed by atoms with Gasteiger partial charge in [-0.15, -0.1) is 0 Å². The average molecular weight is 591 g/mol. The van der Waals surface area contributed by atoms with E-state index in [2.05, 4.69) is 15.9 Å². The molecule has 180 valence electrons. The molecule has 1 aromatic heterocycles. The van der Waals surface area contributed by atoms with Crippen LogP contribution in [0.15, 0.2) is 82.2 Å². The van der Waals surface area contributed by atoms with E-state index in [1.54, 1.807) is 17.0 Å². The molecule has 4 aromatic rings. The van der Waals surface area contributed by atoms with E-state index in [0.717, 1.165) is 20.3 Å². The number of aromatic nitrogens is 1. The standard InChI is InChI=1S/C25H21BrClN3O3S2/c26-18-8-13-21-23(15-18)34-25(28-21)29(16-17-5-2-1-3-6-17)24(31)22-7-4-14-30(22)35(32,33)20-11-9-19(27)10-12-20/h1-3,5-6,8-13,15,22H,4,7,14,16H2. The molecule has 0 aliphatic carbocycles. The van der Waals surface area contributed by atoms with Gasteiger partial charge in [0.2, 0.25) is 15.9 Å². The Balaban J connectivity index is 1.52. The minimum Gasteiger partial charge on any atom is -0.282 e. The first kappa shape index (κ1) is 24.4. The van der Waals surface area contributed by atoms with Gasteiger partial charge in [0.1, 0.15) is 6.04 Å². The number of hydrogen-bond donors (Lipinski definition) is 0. The Morgan fingerprint density at radius 1 is 1.11 bits per heavy atom. The fourth-order valence-corrected chi connectivity index (χ4v) is 7.50. The predicted molar refractivity (Wildman–Crippen MR) is 143 cm³/mol. The van der Waals surface area contributed by atoms with Gasteiger partial charge in [-0.05, 0) is 60.9 Å². The van der Waals surface area contributed by atoms with Crippen molar-refractivity contribution < 1.29 is 13.2 Å². The molecule has 1 aliphatic rings. The summed E-state index contributed by atoms with van der Waals surface area (Å²) in [6.07, 6.45) is 1.06. The van der Waals surface area contributed by atoms with Crippen LogP contribution in [0.2, 0.25) is 5.02 Å². The maximum absolute atomic E-state index is 14.0. The fraction of sp³-hybridized carbons (Fsp3) is 0.200. The number of rotatable bonds is 6. The third kappa shape index (κ3) is 5.01. The van der Waals surface area contributed by atoms with Crippen LogP contribution in [0, 0.1) is 0 Å². The molecule has 1 fully saturated rings. The first-order valence-electron chi connectivity index (χ1n) is 11.0. The molecule has 1 unspecified atom stereocenters. The Morgan fingerprint density at radius 3 is 2.60 bits per heavy atom. The molecule has 35 heavy (non-hydrogen) atoms. The number of anilines is 1. The zero-order valence-corrected chi connectivity index (χ0v) is 22.4. The number of thiazole rings is 1. The lowest BCUT2D eigenvalue weighted by atomic mass is 10.1. The normalized spacial score (nSPS) is 16.6. The molecule has 5 rings (SSSR count). The van der Waals surface area contributed by atoms with E-state index in [0.29, 0.717) is 29.5 Å². The Labute approximate surface area is 221 Å². The molecule has 10 heteroatoms. The number of carbonyl (C=O) groups excluding carboxylic acids is 1.